The highest BCUT2D eigenvalue weighted by atomic mass is 16.5. The Morgan fingerprint density at radius 1 is 1.22 bits per heavy atom. The van der Waals surface area contributed by atoms with Gasteiger partial charge in [-0.25, -0.2) is 0 Å². The number of methoxy groups -OCH3 is 1. The van der Waals surface area contributed by atoms with Gasteiger partial charge in [0.1, 0.15) is 0 Å². The second-order valence-corrected chi connectivity index (χ2v) is 3.86. The first-order valence-corrected chi connectivity index (χ1v) is 6.27. The van der Waals surface area contributed by atoms with Gasteiger partial charge in [-0.3, -0.25) is 14.5 Å². The minimum Gasteiger partial charge on any atom is -0.465 e. The summed E-state index contributed by atoms with van der Waals surface area (Å²) < 4.78 is 9.71. The molecular formula is C12H24N2O4. The number of carbonyl (C=O) groups is 2. The molecule has 0 bridgehead atoms. The highest BCUT2D eigenvalue weighted by Crippen LogP contribution is 1.93. The van der Waals surface area contributed by atoms with Crippen LogP contribution in [0.15, 0.2) is 0 Å². The zero-order chi connectivity index (χ0) is 13.8. The van der Waals surface area contributed by atoms with Crippen LogP contribution >= 0.6 is 0 Å². The Morgan fingerprint density at radius 2 is 1.94 bits per heavy atom. The molecule has 0 aromatic heterocycles. The third-order valence-electron chi connectivity index (χ3n) is 2.19. The molecule has 0 atom stereocenters. The number of amides is 1. The van der Waals surface area contributed by atoms with E-state index in [0.29, 0.717) is 26.3 Å². The Labute approximate surface area is 109 Å². The van der Waals surface area contributed by atoms with Crippen molar-refractivity contribution in [3.05, 3.63) is 0 Å². The molecule has 0 saturated heterocycles. The molecule has 0 aliphatic heterocycles. The van der Waals surface area contributed by atoms with Crippen LogP contribution in [0.5, 0.6) is 0 Å². The van der Waals surface area contributed by atoms with Crippen molar-refractivity contribution in [2.24, 2.45) is 0 Å². The predicted octanol–water partition coefficient (Wildman–Crippen LogP) is 0.0241. The third kappa shape index (κ3) is 8.95. The van der Waals surface area contributed by atoms with E-state index in [9.17, 15) is 9.59 Å². The first-order chi connectivity index (χ1) is 8.63. The molecule has 0 saturated carbocycles. The van der Waals surface area contributed by atoms with Gasteiger partial charge in [-0.15, -0.1) is 0 Å². The van der Waals surface area contributed by atoms with Gasteiger partial charge in [-0.1, -0.05) is 6.92 Å². The Hall–Kier alpha value is -1.14. The standard InChI is InChI=1S/C12H24N2O4/c1-4-7-14(10-12(16)18-5-2)9-11(15)13-6-8-17-3/h4-10H2,1-3H3,(H,13,15). The van der Waals surface area contributed by atoms with Gasteiger partial charge in [0.05, 0.1) is 26.3 Å². The van der Waals surface area contributed by atoms with Gasteiger partial charge in [-0.05, 0) is 19.9 Å². The average molecular weight is 260 g/mol. The number of hydrogen-bond donors (Lipinski definition) is 1. The Balaban J connectivity index is 4.01. The molecule has 0 unspecified atom stereocenters. The fourth-order valence-corrected chi connectivity index (χ4v) is 1.47. The van der Waals surface area contributed by atoms with Crippen molar-refractivity contribution in [1.29, 1.82) is 0 Å². The lowest BCUT2D eigenvalue weighted by atomic mass is 10.3. The van der Waals surface area contributed by atoms with E-state index >= 15 is 0 Å². The van der Waals surface area contributed by atoms with E-state index in [1.165, 1.54) is 0 Å². The molecule has 0 radical (unpaired) electrons. The second kappa shape index (κ2) is 11.0. The van der Waals surface area contributed by atoms with Crippen LogP contribution in [-0.4, -0.2) is 63.3 Å². The number of rotatable bonds is 10. The van der Waals surface area contributed by atoms with Crippen LogP contribution in [-0.2, 0) is 19.1 Å². The summed E-state index contributed by atoms with van der Waals surface area (Å²) in [5.74, 6) is -0.402. The van der Waals surface area contributed by atoms with Gasteiger partial charge < -0.3 is 14.8 Å². The van der Waals surface area contributed by atoms with Crippen molar-refractivity contribution >= 4 is 11.9 Å². The third-order valence-corrected chi connectivity index (χ3v) is 2.19. The molecule has 0 aliphatic rings. The van der Waals surface area contributed by atoms with Crippen LogP contribution in [0.2, 0.25) is 0 Å². The minimum atomic E-state index is -0.296. The molecule has 1 N–H and O–H groups in total. The fraction of sp³-hybridized carbons (Fsp3) is 0.833. The largest absolute Gasteiger partial charge is 0.465 e. The molecule has 0 aliphatic carbocycles. The highest BCUT2D eigenvalue weighted by molar-refractivity contribution is 5.79. The number of carbonyl (C=O) groups excluding carboxylic acids is 2. The van der Waals surface area contributed by atoms with Crippen molar-refractivity contribution in [2.45, 2.75) is 20.3 Å². The zero-order valence-electron chi connectivity index (χ0n) is 11.5. The summed E-state index contributed by atoms with van der Waals surface area (Å²) in [6.07, 6.45) is 0.880. The van der Waals surface area contributed by atoms with Crippen molar-refractivity contribution in [3.63, 3.8) is 0 Å². The quantitative estimate of drug-likeness (QED) is 0.443. The molecule has 0 aromatic carbocycles. The fourth-order valence-electron chi connectivity index (χ4n) is 1.47. The summed E-state index contributed by atoms with van der Waals surface area (Å²) in [4.78, 5) is 24.7. The van der Waals surface area contributed by atoms with Gasteiger partial charge in [0.15, 0.2) is 0 Å². The van der Waals surface area contributed by atoms with E-state index in [4.69, 9.17) is 9.47 Å². The van der Waals surface area contributed by atoms with E-state index in [1.54, 1.807) is 18.9 Å². The molecule has 106 valence electrons. The van der Waals surface area contributed by atoms with Gasteiger partial charge in [0, 0.05) is 13.7 Å². The van der Waals surface area contributed by atoms with Crippen LogP contribution in [0.4, 0.5) is 0 Å². The van der Waals surface area contributed by atoms with Crippen LogP contribution in [0.3, 0.4) is 0 Å². The summed E-state index contributed by atoms with van der Waals surface area (Å²) in [7, 11) is 1.58. The minimum absolute atomic E-state index is 0.107. The van der Waals surface area contributed by atoms with Crippen LogP contribution in [0.1, 0.15) is 20.3 Å². The number of hydrogen-bond acceptors (Lipinski definition) is 5. The van der Waals surface area contributed by atoms with E-state index < -0.39 is 0 Å². The Kier molecular flexibility index (Phi) is 10.3. The second-order valence-electron chi connectivity index (χ2n) is 3.86. The Morgan fingerprint density at radius 3 is 2.50 bits per heavy atom. The molecule has 1 amide bonds. The lowest BCUT2D eigenvalue weighted by Gasteiger charge is -2.19. The summed E-state index contributed by atoms with van der Waals surface area (Å²) in [6.45, 7) is 6.14. The number of nitrogens with one attached hydrogen (secondary N) is 1. The maximum Gasteiger partial charge on any atom is 0.320 e. The summed E-state index contributed by atoms with van der Waals surface area (Å²) in [6, 6.07) is 0. The lowest BCUT2D eigenvalue weighted by molar-refractivity contribution is -0.144. The zero-order valence-corrected chi connectivity index (χ0v) is 11.5. The SMILES string of the molecule is CCCN(CC(=O)NCCOC)CC(=O)OCC. The monoisotopic (exact) mass is 260 g/mol. The van der Waals surface area contributed by atoms with Crippen LogP contribution in [0.25, 0.3) is 0 Å². The molecule has 18 heavy (non-hydrogen) atoms. The number of nitrogens with zero attached hydrogens (tertiary/aromatic N) is 1. The number of esters is 1. The van der Waals surface area contributed by atoms with Crippen LogP contribution < -0.4 is 5.32 Å². The van der Waals surface area contributed by atoms with E-state index in [-0.39, 0.29) is 25.0 Å². The highest BCUT2D eigenvalue weighted by Gasteiger charge is 2.14. The van der Waals surface area contributed by atoms with Crippen molar-refractivity contribution < 1.29 is 19.1 Å². The summed E-state index contributed by atoms with van der Waals surface area (Å²) in [5, 5.41) is 2.72. The van der Waals surface area contributed by atoms with Crippen molar-refractivity contribution in [2.75, 3.05) is 46.5 Å². The van der Waals surface area contributed by atoms with E-state index in [0.717, 1.165) is 6.42 Å². The van der Waals surface area contributed by atoms with Gasteiger partial charge in [0.2, 0.25) is 5.91 Å². The predicted molar refractivity (Wildman–Crippen MR) is 68.2 cm³/mol. The molecule has 0 spiro atoms. The molecule has 6 heteroatoms. The smallest absolute Gasteiger partial charge is 0.320 e. The lowest BCUT2D eigenvalue weighted by Crippen LogP contribution is -2.41. The van der Waals surface area contributed by atoms with E-state index in [2.05, 4.69) is 5.32 Å². The van der Waals surface area contributed by atoms with E-state index in [1.807, 2.05) is 6.92 Å². The van der Waals surface area contributed by atoms with Crippen LogP contribution in [0, 0.1) is 0 Å². The molecule has 0 fully saturated rings. The first-order valence-electron chi connectivity index (χ1n) is 6.27. The first kappa shape index (κ1) is 16.9. The van der Waals surface area contributed by atoms with Gasteiger partial charge in [-0.2, -0.15) is 0 Å². The van der Waals surface area contributed by atoms with Crippen molar-refractivity contribution in [3.8, 4) is 0 Å². The molecular weight excluding hydrogens is 236 g/mol. The van der Waals surface area contributed by atoms with Gasteiger partial charge in [0.25, 0.3) is 0 Å². The Bertz CT molecular complexity index is 246. The average Bonchev–Trinajstić information content (AvgIpc) is 2.29. The van der Waals surface area contributed by atoms with Gasteiger partial charge >= 0.3 is 5.97 Å². The number of ether oxygens (including phenoxy) is 2. The molecule has 6 nitrogen and oxygen atoms in total. The molecule has 0 rings (SSSR count). The topological polar surface area (TPSA) is 67.9 Å². The molecule has 0 heterocycles. The molecule has 0 aromatic rings. The van der Waals surface area contributed by atoms with Crippen molar-refractivity contribution in [1.82, 2.24) is 10.2 Å². The summed E-state index contributed by atoms with van der Waals surface area (Å²) in [5.41, 5.74) is 0. The summed E-state index contributed by atoms with van der Waals surface area (Å²) >= 11 is 0. The maximum absolute atomic E-state index is 11.6. The maximum atomic E-state index is 11.6. The normalized spacial score (nSPS) is 10.4.